The SMILES string of the molecule is CCCC(CCC)C(O)c1ccc(OC(C)C)cc1. The molecule has 0 saturated carbocycles. The van der Waals surface area contributed by atoms with Crippen LogP contribution in [0.15, 0.2) is 24.3 Å². The fourth-order valence-electron chi connectivity index (χ4n) is 2.49. The highest BCUT2D eigenvalue weighted by atomic mass is 16.5. The quantitative estimate of drug-likeness (QED) is 0.736. The number of hydrogen-bond donors (Lipinski definition) is 1. The van der Waals surface area contributed by atoms with Gasteiger partial charge in [-0.25, -0.2) is 0 Å². The molecule has 1 aromatic carbocycles. The maximum absolute atomic E-state index is 10.5. The van der Waals surface area contributed by atoms with Crippen molar-refractivity contribution < 1.29 is 9.84 Å². The lowest BCUT2D eigenvalue weighted by atomic mass is 9.88. The Morgan fingerprint density at radius 3 is 1.95 bits per heavy atom. The topological polar surface area (TPSA) is 29.5 Å². The van der Waals surface area contributed by atoms with Gasteiger partial charge in [0.2, 0.25) is 0 Å². The second-order valence-corrected chi connectivity index (χ2v) is 5.52. The molecular formula is C17H28O2. The summed E-state index contributed by atoms with van der Waals surface area (Å²) >= 11 is 0. The predicted octanol–water partition coefficient (Wildman–Crippen LogP) is 4.72. The Morgan fingerprint density at radius 2 is 1.53 bits per heavy atom. The average molecular weight is 264 g/mol. The third-order valence-corrected chi connectivity index (χ3v) is 3.36. The highest BCUT2D eigenvalue weighted by molar-refractivity contribution is 5.29. The van der Waals surface area contributed by atoms with E-state index in [9.17, 15) is 5.11 Å². The number of ether oxygens (including phenoxy) is 1. The van der Waals surface area contributed by atoms with Crippen LogP contribution in [0.25, 0.3) is 0 Å². The normalized spacial score (nSPS) is 13.0. The Balaban J connectivity index is 2.72. The van der Waals surface area contributed by atoms with Crippen molar-refractivity contribution in [2.24, 2.45) is 5.92 Å². The monoisotopic (exact) mass is 264 g/mol. The van der Waals surface area contributed by atoms with Crippen LogP contribution >= 0.6 is 0 Å². The molecular weight excluding hydrogens is 236 g/mol. The molecule has 1 rings (SSSR count). The van der Waals surface area contributed by atoms with E-state index in [1.807, 2.05) is 38.1 Å². The molecule has 0 fully saturated rings. The van der Waals surface area contributed by atoms with Crippen molar-refractivity contribution in [1.29, 1.82) is 0 Å². The van der Waals surface area contributed by atoms with Gasteiger partial charge in [0.15, 0.2) is 0 Å². The first-order valence-corrected chi connectivity index (χ1v) is 7.53. The van der Waals surface area contributed by atoms with Crippen LogP contribution in [0.2, 0.25) is 0 Å². The Hall–Kier alpha value is -1.02. The van der Waals surface area contributed by atoms with E-state index in [1.54, 1.807) is 0 Å². The van der Waals surface area contributed by atoms with Crippen molar-refractivity contribution >= 4 is 0 Å². The van der Waals surface area contributed by atoms with Crippen LogP contribution in [-0.4, -0.2) is 11.2 Å². The lowest BCUT2D eigenvalue weighted by Crippen LogP contribution is -2.12. The van der Waals surface area contributed by atoms with Crippen molar-refractivity contribution in [2.45, 2.75) is 65.6 Å². The maximum atomic E-state index is 10.5. The van der Waals surface area contributed by atoms with Crippen LogP contribution in [-0.2, 0) is 0 Å². The van der Waals surface area contributed by atoms with Crippen LogP contribution in [0.1, 0.15) is 65.0 Å². The van der Waals surface area contributed by atoms with Crippen LogP contribution in [0.3, 0.4) is 0 Å². The van der Waals surface area contributed by atoms with Gasteiger partial charge in [-0.3, -0.25) is 0 Å². The van der Waals surface area contributed by atoms with E-state index in [0.29, 0.717) is 5.92 Å². The van der Waals surface area contributed by atoms with E-state index in [4.69, 9.17) is 4.74 Å². The van der Waals surface area contributed by atoms with Gasteiger partial charge in [0.25, 0.3) is 0 Å². The Labute approximate surface area is 117 Å². The first kappa shape index (κ1) is 16.0. The van der Waals surface area contributed by atoms with Crippen LogP contribution < -0.4 is 4.74 Å². The molecule has 0 spiro atoms. The van der Waals surface area contributed by atoms with Crippen molar-refractivity contribution in [2.75, 3.05) is 0 Å². The molecule has 1 N–H and O–H groups in total. The van der Waals surface area contributed by atoms with Crippen molar-refractivity contribution in [3.63, 3.8) is 0 Å². The number of hydrogen-bond acceptors (Lipinski definition) is 2. The summed E-state index contributed by atoms with van der Waals surface area (Å²) in [7, 11) is 0. The maximum Gasteiger partial charge on any atom is 0.119 e. The third-order valence-electron chi connectivity index (χ3n) is 3.36. The van der Waals surface area contributed by atoms with Crippen LogP contribution in [0.4, 0.5) is 0 Å². The molecule has 0 saturated heterocycles. The zero-order valence-corrected chi connectivity index (χ0v) is 12.7. The fourth-order valence-corrected chi connectivity index (χ4v) is 2.49. The lowest BCUT2D eigenvalue weighted by molar-refractivity contribution is 0.0963. The molecule has 0 bridgehead atoms. The summed E-state index contributed by atoms with van der Waals surface area (Å²) < 4.78 is 5.62. The highest BCUT2D eigenvalue weighted by Gasteiger charge is 2.19. The summed E-state index contributed by atoms with van der Waals surface area (Å²) in [6.07, 6.45) is 4.24. The number of benzene rings is 1. The van der Waals surface area contributed by atoms with Crippen molar-refractivity contribution in [3.8, 4) is 5.75 Å². The zero-order chi connectivity index (χ0) is 14.3. The molecule has 19 heavy (non-hydrogen) atoms. The molecule has 1 unspecified atom stereocenters. The summed E-state index contributed by atoms with van der Waals surface area (Å²) in [5, 5.41) is 10.5. The minimum Gasteiger partial charge on any atom is -0.491 e. The van der Waals surface area contributed by atoms with E-state index in [1.165, 1.54) is 0 Å². The molecule has 0 aromatic heterocycles. The summed E-state index contributed by atoms with van der Waals surface area (Å²) in [6, 6.07) is 7.88. The fraction of sp³-hybridized carbons (Fsp3) is 0.647. The molecule has 0 amide bonds. The molecule has 1 atom stereocenters. The number of aliphatic hydroxyl groups excluding tert-OH is 1. The molecule has 0 aliphatic rings. The van der Waals surface area contributed by atoms with Gasteiger partial charge in [-0.2, -0.15) is 0 Å². The molecule has 2 nitrogen and oxygen atoms in total. The van der Waals surface area contributed by atoms with E-state index in [2.05, 4.69) is 13.8 Å². The molecule has 2 heteroatoms. The molecule has 0 radical (unpaired) electrons. The average Bonchev–Trinajstić information content (AvgIpc) is 2.38. The summed E-state index contributed by atoms with van der Waals surface area (Å²) in [5.74, 6) is 1.24. The second kappa shape index (κ2) is 8.21. The van der Waals surface area contributed by atoms with Gasteiger partial charge in [-0.05, 0) is 50.3 Å². The van der Waals surface area contributed by atoms with E-state index in [-0.39, 0.29) is 12.2 Å². The largest absolute Gasteiger partial charge is 0.491 e. The Kier molecular flexibility index (Phi) is 6.93. The Morgan fingerprint density at radius 1 is 1.00 bits per heavy atom. The first-order chi connectivity index (χ1) is 9.08. The third kappa shape index (κ3) is 5.23. The van der Waals surface area contributed by atoms with Gasteiger partial charge in [0, 0.05) is 0 Å². The van der Waals surface area contributed by atoms with E-state index < -0.39 is 0 Å². The van der Waals surface area contributed by atoms with Gasteiger partial charge in [0.1, 0.15) is 5.75 Å². The van der Waals surface area contributed by atoms with Crippen LogP contribution in [0, 0.1) is 5.92 Å². The van der Waals surface area contributed by atoms with Crippen LogP contribution in [0.5, 0.6) is 5.75 Å². The molecule has 0 aliphatic carbocycles. The molecule has 0 heterocycles. The van der Waals surface area contributed by atoms with E-state index in [0.717, 1.165) is 37.0 Å². The smallest absolute Gasteiger partial charge is 0.119 e. The summed E-state index contributed by atoms with van der Waals surface area (Å²) in [6.45, 7) is 8.38. The van der Waals surface area contributed by atoms with E-state index >= 15 is 0 Å². The zero-order valence-electron chi connectivity index (χ0n) is 12.7. The highest BCUT2D eigenvalue weighted by Crippen LogP contribution is 2.30. The molecule has 0 aliphatic heterocycles. The summed E-state index contributed by atoms with van der Waals surface area (Å²) in [4.78, 5) is 0. The summed E-state index contributed by atoms with van der Waals surface area (Å²) in [5.41, 5.74) is 1.00. The minimum absolute atomic E-state index is 0.184. The number of aliphatic hydroxyl groups is 1. The van der Waals surface area contributed by atoms with Gasteiger partial charge in [-0.1, -0.05) is 38.8 Å². The molecule has 108 valence electrons. The second-order valence-electron chi connectivity index (χ2n) is 5.52. The van der Waals surface area contributed by atoms with Gasteiger partial charge in [0.05, 0.1) is 12.2 Å². The Bertz CT molecular complexity index is 337. The standard InChI is InChI=1S/C17H28O2/c1-5-7-14(8-6-2)17(18)15-9-11-16(12-10-15)19-13(3)4/h9-14,17-18H,5-8H2,1-4H3. The van der Waals surface area contributed by atoms with Gasteiger partial charge < -0.3 is 9.84 Å². The minimum atomic E-state index is -0.354. The molecule has 1 aromatic rings. The number of rotatable bonds is 8. The predicted molar refractivity (Wildman–Crippen MR) is 80.5 cm³/mol. The van der Waals surface area contributed by atoms with Gasteiger partial charge >= 0.3 is 0 Å². The lowest BCUT2D eigenvalue weighted by Gasteiger charge is -2.22. The van der Waals surface area contributed by atoms with Crippen molar-refractivity contribution in [3.05, 3.63) is 29.8 Å². The van der Waals surface area contributed by atoms with Crippen molar-refractivity contribution in [1.82, 2.24) is 0 Å². The van der Waals surface area contributed by atoms with Gasteiger partial charge in [-0.15, -0.1) is 0 Å². The first-order valence-electron chi connectivity index (χ1n) is 7.53.